The lowest BCUT2D eigenvalue weighted by atomic mass is 10.0. The van der Waals surface area contributed by atoms with Crippen LogP contribution >= 0.6 is 0 Å². The fourth-order valence-electron chi connectivity index (χ4n) is 2.02. The van der Waals surface area contributed by atoms with Crippen LogP contribution in [0.2, 0.25) is 0 Å². The summed E-state index contributed by atoms with van der Waals surface area (Å²) in [6, 6.07) is 0.440. The second-order valence-corrected chi connectivity index (χ2v) is 3.48. The number of amides is 1. The first-order valence-electron chi connectivity index (χ1n) is 5.63. The van der Waals surface area contributed by atoms with E-state index >= 15 is 0 Å². The van der Waals surface area contributed by atoms with E-state index in [4.69, 9.17) is 0 Å². The van der Waals surface area contributed by atoms with Gasteiger partial charge in [0.25, 0.3) is 0 Å². The van der Waals surface area contributed by atoms with Crippen molar-refractivity contribution in [1.29, 1.82) is 0 Å². The van der Waals surface area contributed by atoms with Crippen LogP contribution in [0.5, 0.6) is 0 Å². The number of carbonyl (C=O) groups excluding carboxylic acids is 1. The summed E-state index contributed by atoms with van der Waals surface area (Å²) in [7, 11) is 0. The van der Waals surface area contributed by atoms with Crippen molar-refractivity contribution in [2.24, 2.45) is 5.92 Å². The van der Waals surface area contributed by atoms with Gasteiger partial charge < -0.3 is 4.90 Å². The number of likely N-dealkylation sites (tertiary alicyclic amines) is 1. The largest absolute Gasteiger partial charge is 0.336 e. The van der Waals surface area contributed by atoms with Crippen molar-refractivity contribution < 1.29 is 4.79 Å². The molecule has 0 aromatic rings. The summed E-state index contributed by atoms with van der Waals surface area (Å²) < 4.78 is 0. The Bertz CT molecular complexity index is 189. The summed E-state index contributed by atoms with van der Waals surface area (Å²) >= 11 is 0. The van der Waals surface area contributed by atoms with E-state index in [2.05, 4.69) is 20.4 Å². The van der Waals surface area contributed by atoms with Crippen LogP contribution < -0.4 is 0 Å². The molecule has 1 fully saturated rings. The van der Waals surface area contributed by atoms with Gasteiger partial charge in [0.2, 0.25) is 5.91 Å². The summed E-state index contributed by atoms with van der Waals surface area (Å²) in [5.41, 5.74) is 0. The normalized spacial score (nSPS) is 25.3. The Morgan fingerprint density at radius 3 is 2.57 bits per heavy atom. The van der Waals surface area contributed by atoms with Gasteiger partial charge in [-0.05, 0) is 24.8 Å². The summed E-state index contributed by atoms with van der Waals surface area (Å²) in [6.45, 7) is 12.8. The molecule has 0 radical (unpaired) electrons. The quantitative estimate of drug-likeness (QED) is 0.623. The van der Waals surface area contributed by atoms with Gasteiger partial charge in [0, 0.05) is 12.6 Å². The summed E-state index contributed by atoms with van der Waals surface area (Å²) in [6.07, 6.45) is 3.61. The maximum Gasteiger partial charge on any atom is 0.246 e. The molecule has 1 amide bonds. The van der Waals surface area contributed by atoms with Gasteiger partial charge in [-0.2, -0.15) is 0 Å². The molecule has 2 atom stereocenters. The predicted molar refractivity (Wildman–Crippen MR) is 61.1 cm³/mol. The number of hydrogen-bond donors (Lipinski definition) is 0. The van der Waals surface area contributed by atoms with Crippen LogP contribution in [-0.4, -0.2) is 23.4 Å². The molecule has 82 valence electrons. The molecule has 1 rings (SSSR count). The van der Waals surface area contributed by atoms with Gasteiger partial charge in [0.1, 0.15) is 0 Å². The molecule has 1 aliphatic rings. The van der Waals surface area contributed by atoms with Gasteiger partial charge in [-0.25, -0.2) is 0 Å². The number of nitrogens with zero attached hydrogens (tertiary/aromatic N) is 1. The monoisotopic (exact) mass is 197 g/mol. The van der Waals surface area contributed by atoms with Crippen LogP contribution in [0.3, 0.4) is 0 Å². The van der Waals surface area contributed by atoms with Crippen LogP contribution in [-0.2, 0) is 4.79 Å². The standard InChI is InChI=1S/C10H17NO.C2H6/c1-4-9-8(3)6-7-11(9)10(12)5-2;1-2/h5,8-9H,2,4,6-7H2,1,3H3;1-2H3. The van der Waals surface area contributed by atoms with E-state index in [1.165, 1.54) is 6.08 Å². The van der Waals surface area contributed by atoms with Crippen LogP contribution in [0.15, 0.2) is 12.7 Å². The van der Waals surface area contributed by atoms with E-state index < -0.39 is 0 Å². The molecule has 0 N–H and O–H groups in total. The van der Waals surface area contributed by atoms with Gasteiger partial charge in [0.15, 0.2) is 0 Å². The third-order valence-corrected chi connectivity index (χ3v) is 2.76. The van der Waals surface area contributed by atoms with Gasteiger partial charge in [0.05, 0.1) is 0 Å². The second-order valence-electron chi connectivity index (χ2n) is 3.48. The van der Waals surface area contributed by atoms with E-state index in [0.717, 1.165) is 19.4 Å². The molecule has 0 aromatic carbocycles. The molecule has 0 spiro atoms. The number of carbonyl (C=O) groups is 1. The van der Waals surface area contributed by atoms with Crippen LogP contribution in [0.25, 0.3) is 0 Å². The van der Waals surface area contributed by atoms with Gasteiger partial charge in [-0.15, -0.1) is 0 Å². The average molecular weight is 197 g/mol. The minimum absolute atomic E-state index is 0.0891. The second kappa shape index (κ2) is 6.63. The van der Waals surface area contributed by atoms with Crippen molar-refractivity contribution in [3.05, 3.63) is 12.7 Å². The predicted octanol–water partition coefficient (Wildman–Crippen LogP) is 2.85. The lowest BCUT2D eigenvalue weighted by Gasteiger charge is -2.24. The third kappa shape index (κ3) is 2.86. The topological polar surface area (TPSA) is 20.3 Å². The average Bonchev–Trinajstić information content (AvgIpc) is 2.61. The maximum absolute atomic E-state index is 11.3. The zero-order chi connectivity index (χ0) is 11.1. The first kappa shape index (κ1) is 13.2. The highest BCUT2D eigenvalue weighted by Crippen LogP contribution is 2.25. The lowest BCUT2D eigenvalue weighted by molar-refractivity contribution is -0.127. The van der Waals surface area contributed by atoms with Crippen molar-refractivity contribution in [3.63, 3.8) is 0 Å². The minimum Gasteiger partial charge on any atom is -0.336 e. The molecule has 1 aliphatic heterocycles. The number of rotatable bonds is 2. The Morgan fingerprint density at radius 2 is 2.14 bits per heavy atom. The van der Waals surface area contributed by atoms with Crippen LogP contribution in [0, 0.1) is 5.92 Å². The van der Waals surface area contributed by atoms with Gasteiger partial charge in [-0.1, -0.05) is 34.3 Å². The first-order valence-corrected chi connectivity index (χ1v) is 5.63. The van der Waals surface area contributed by atoms with Crippen LogP contribution in [0.4, 0.5) is 0 Å². The van der Waals surface area contributed by atoms with Crippen LogP contribution in [0.1, 0.15) is 40.5 Å². The molecule has 0 aliphatic carbocycles. The Labute approximate surface area is 88.0 Å². The Morgan fingerprint density at radius 1 is 1.57 bits per heavy atom. The first-order chi connectivity index (χ1) is 6.70. The molecule has 2 unspecified atom stereocenters. The Kier molecular flexibility index (Phi) is 6.26. The van der Waals surface area contributed by atoms with Crippen molar-refractivity contribution >= 4 is 5.91 Å². The van der Waals surface area contributed by atoms with E-state index in [1.807, 2.05) is 18.7 Å². The lowest BCUT2D eigenvalue weighted by Crippen LogP contribution is -2.35. The zero-order valence-electron chi connectivity index (χ0n) is 9.92. The highest BCUT2D eigenvalue weighted by atomic mass is 16.2. The molecule has 0 saturated carbocycles. The van der Waals surface area contributed by atoms with Gasteiger partial charge in [-0.3, -0.25) is 4.79 Å². The molecule has 1 saturated heterocycles. The molecule has 14 heavy (non-hydrogen) atoms. The van der Waals surface area contributed by atoms with Crippen molar-refractivity contribution in [1.82, 2.24) is 4.90 Å². The molecule has 2 nitrogen and oxygen atoms in total. The number of hydrogen-bond acceptors (Lipinski definition) is 1. The Balaban J connectivity index is 0.000000791. The van der Waals surface area contributed by atoms with Crippen molar-refractivity contribution in [2.75, 3.05) is 6.54 Å². The summed E-state index contributed by atoms with van der Waals surface area (Å²) in [4.78, 5) is 13.3. The minimum atomic E-state index is 0.0891. The molecular weight excluding hydrogens is 174 g/mol. The molecule has 0 bridgehead atoms. The Hall–Kier alpha value is -0.790. The highest BCUT2D eigenvalue weighted by molar-refractivity contribution is 5.87. The summed E-state index contributed by atoms with van der Waals surface area (Å²) in [5, 5.41) is 0. The van der Waals surface area contributed by atoms with E-state index in [1.54, 1.807) is 0 Å². The summed E-state index contributed by atoms with van der Waals surface area (Å²) in [5.74, 6) is 0.741. The van der Waals surface area contributed by atoms with Gasteiger partial charge >= 0.3 is 0 Å². The third-order valence-electron chi connectivity index (χ3n) is 2.76. The zero-order valence-corrected chi connectivity index (χ0v) is 9.92. The van der Waals surface area contributed by atoms with Crippen molar-refractivity contribution in [2.45, 2.75) is 46.6 Å². The molecule has 0 aromatic heterocycles. The van der Waals surface area contributed by atoms with Crippen molar-refractivity contribution in [3.8, 4) is 0 Å². The molecule has 1 heterocycles. The fraction of sp³-hybridized carbons (Fsp3) is 0.750. The smallest absolute Gasteiger partial charge is 0.246 e. The van der Waals surface area contributed by atoms with E-state index in [0.29, 0.717) is 12.0 Å². The fourth-order valence-corrected chi connectivity index (χ4v) is 2.02. The molecule has 2 heteroatoms. The highest BCUT2D eigenvalue weighted by Gasteiger charge is 2.31. The van der Waals surface area contributed by atoms with E-state index in [-0.39, 0.29) is 5.91 Å². The van der Waals surface area contributed by atoms with E-state index in [9.17, 15) is 4.79 Å². The SMILES string of the molecule is C=CC(=O)N1CCC(C)C1CC.CC. The maximum atomic E-state index is 11.3. The molecular formula is C12H23NO.